The van der Waals surface area contributed by atoms with Gasteiger partial charge in [0, 0.05) is 7.05 Å². The summed E-state index contributed by atoms with van der Waals surface area (Å²) in [4.78, 5) is 10.8. The van der Waals surface area contributed by atoms with Crippen molar-refractivity contribution in [2.75, 3.05) is 12.8 Å². The number of rotatable bonds is 3. The van der Waals surface area contributed by atoms with Gasteiger partial charge in [0.15, 0.2) is 0 Å². The molecule has 58 valence electrons. The van der Waals surface area contributed by atoms with Crippen LogP contribution < -0.4 is 5.32 Å². The van der Waals surface area contributed by atoms with Crippen molar-refractivity contribution in [3.8, 4) is 0 Å². The minimum Gasteiger partial charge on any atom is -0.355 e. The highest BCUT2D eigenvalue weighted by Crippen LogP contribution is 2.12. The average Bonchev–Trinajstić information content (AvgIpc) is 1.98. The van der Waals surface area contributed by atoms with Gasteiger partial charge in [0.05, 0.1) is 3.58 Å². The highest BCUT2D eigenvalue weighted by atomic mass is 127. The minimum absolute atomic E-state index is 0.0125. The highest BCUT2D eigenvalue weighted by Gasteiger charge is 1.99. The number of hydrogen-bond donors (Lipinski definition) is 1. The third-order valence-electron chi connectivity index (χ3n) is 0.797. The Morgan fingerprint density at radius 1 is 1.80 bits per heavy atom. The molecule has 0 aromatic rings. The molecular weight excluding hydrogens is 261 g/mol. The molecular formula is C6H10INOS. The van der Waals surface area contributed by atoms with Gasteiger partial charge in [0.25, 0.3) is 5.91 Å². The van der Waals surface area contributed by atoms with Crippen LogP contribution in [0.5, 0.6) is 0 Å². The number of likely N-dealkylation sites (N-methyl/N-ethyl adjacent to an activating group) is 1. The molecule has 0 saturated heterocycles. The first-order valence-electron chi connectivity index (χ1n) is 2.91. The number of carbonyl (C=O) groups excluding carboxylic acids is 1. The molecule has 0 aromatic heterocycles. The topological polar surface area (TPSA) is 29.1 Å². The predicted molar refractivity (Wildman–Crippen MR) is 54.3 cm³/mol. The van der Waals surface area contributed by atoms with Gasteiger partial charge < -0.3 is 5.32 Å². The molecule has 1 amide bonds. The van der Waals surface area contributed by atoms with Crippen molar-refractivity contribution in [1.29, 1.82) is 0 Å². The van der Waals surface area contributed by atoms with E-state index in [0.29, 0.717) is 0 Å². The fourth-order valence-corrected chi connectivity index (χ4v) is 1.56. The van der Waals surface area contributed by atoms with Crippen molar-refractivity contribution in [2.45, 2.75) is 6.92 Å². The second-order valence-corrected chi connectivity index (χ2v) is 3.81. The van der Waals surface area contributed by atoms with Crippen LogP contribution in [0.4, 0.5) is 0 Å². The second-order valence-electron chi connectivity index (χ2n) is 1.50. The van der Waals surface area contributed by atoms with Crippen LogP contribution in [0.15, 0.2) is 8.99 Å². The van der Waals surface area contributed by atoms with Crippen molar-refractivity contribution >= 4 is 40.3 Å². The van der Waals surface area contributed by atoms with Crippen LogP contribution in [0, 0.1) is 0 Å². The molecule has 0 rings (SSSR count). The van der Waals surface area contributed by atoms with E-state index < -0.39 is 0 Å². The van der Waals surface area contributed by atoms with E-state index in [1.165, 1.54) is 0 Å². The van der Waals surface area contributed by atoms with E-state index in [1.54, 1.807) is 18.8 Å². The maximum atomic E-state index is 10.8. The monoisotopic (exact) mass is 271 g/mol. The Bertz CT molecular complexity index is 147. The number of carbonyl (C=O) groups is 1. The molecule has 0 aromatic carbocycles. The van der Waals surface area contributed by atoms with Crippen LogP contribution in [-0.2, 0) is 4.79 Å². The Morgan fingerprint density at radius 2 is 2.40 bits per heavy atom. The van der Waals surface area contributed by atoms with E-state index in [9.17, 15) is 4.79 Å². The van der Waals surface area contributed by atoms with E-state index >= 15 is 0 Å². The van der Waals surface area contributed by atoms with E-state index in [2.05, 4.69) is 12.2 Å². The lowest BCUT2D eigenvalue weighted by molar-refractivity contribution is -0.116. The van der Waals surface area contributed by atoms with Gasteiger partial charge >= 0.3 is 0 Å². The van der Waals surface area contributed by atoms with Crippen LogP contribution in [-0.4, -0.2) is 18.7 Å². The zero-order valence-corrected chi connectivity index (χ0v) is 8.95. The minimum atomic E-state index is -0.0125. The maximum Gasteiger partial charge on any atom is 0.257 e. The van der Waals surface area contributed by atoms with Crippen molar-refractivity contribution in [1.82, 2.24) is 5.32 Å². The van der Waals surface area contributed by atoms with E-state index in [-0.39, 0.29) is 5.91 Å². The fraction of sp³-hybridized carbons (Fsp3) is 0.500. The number of thioether (sulfide) groups is 1. The van der Waals surface area contributed by atoms with Crippen molar-refractivity contribution in [3.63, 3.8) is 0 Å². The summed E-state index contributed by atoms with van der Waals surface area (Å²) in [5.41, 5.74) is 0. The lowest BCUT2D eigenvalue weighted by atomic mass is 10.6. The molecule has 0 heterocycles. The lowest BCUT2D eigenvalue weighted by Gasteiger charge is -1.95. The molecule has 0 saturated carbocycles. The first-order chi connectivity index (χ1) is 4.72. The largest absolute Gasteiger partial charge is 0.355 e. The van der Waals surface area contributed by atoms with Gasteiger partial charge in [0.2, 0.25) is 0 Å². The second kappa shape index (κ2) is 6.03. The van der Waals surface area contributed by atoms with Gasteiger partial charge in [-0.15, -0.1) is 11.8 Å². The van der Waals surface area contributed by atoms with Gasteiger partial charge in [-0.3, -0.25) is 4.79 Å². The summed E-state index contributed by atoms with van der Waals surface area (Å²) in [6.45, 7) is 2.05. The molecule has 10 heavy (non-hydrogen) atoms. The molecule has 0 fully saturated rings. The van der Waals surface area contributed by atoms with Crippen LogP contribution >= 0.6 is 34.4 Å². The molecule has 0 aliphatic heterocycles. The highest BCUT2D eigenvalue weighted by molar-refractivity contribution is 14.1. The Hall–Kier alpha value is 0.290. The van der Waals surface area contributed by atoms with E-state index in [0.717, 1.165) is 9.33 Å². The van der Waals surface area contributed by atoms with Crippen molar-refractivity contribution in [3.05, 3.63) is 8.99 Å². The zero-order chi connectivity index (χ0) is 7.98. The van der Waals surface area contributed by atoms with E-state index in [1.807, 2.05) is 28.0 Å². The molecule has 1 N–H and O–H groups in total. The van der Waals surface area contributed by atoms with Gasteiger partial charge in [-0.2, -0.15) is 0 Å². The summed E-state index contributed by atoms with van der Waals surface area (Å²) >= 11 is 3.65. The van der Waals surface area contributed by atoms with Gasteiger partial charge in [-0.25, -0.2) is 0 Å². The van der Waals surface area contributed by atoms with Gasteiger partial charge in [-0.05, 0) is 33.8 Å². The first kappa shape index (κ1) is 10.3. The normalized spacial score (nSPS) is 11.3. The molecule has 0 bridgehead atoms. The fourth-order valence-electron chi connectivity index (χ4n) is 0.329. The Labute approximate surface area is 79.0 Å². The number of halogens is 1. The third kappa shape index (κ3) is 4.16. The summed E-state index contributed by atoms with van der Waals surface area (Å²) in [6, 6.07) is 0. The molecule has 0 spiro atoms. The van der Waals surface area contributed by atoms with E-state index in [4.69, 9.17) is 0 Å². The number of hydrogen-bond acceptors (Lipinski definition) is 2. The predicted octanol–water partition coefficient (Wildman–Crippen LogP) is 1.76. The Morgan fingerprint density at radius 3 is 2.80 bits per heavy atom. The summed E-state index contributed by atoms with van der Waals surface area (Å²) in [5.74, 6) is 0.991. The number of nitrogens with one attached hydrogen (secondary N) is 1. The van der Waals surface area contributed by atoms with Crippen LogP contribution in [0.3, 0.4) is 0 Å². The number of amides is 1. The third-order valence-corrected chi connectivity index (χ3v) is 2.76. The molecule has 0 atom stereocenters. The zero-order valence-electron chi connectivity index (χ0n) is 5.98. The van der Waals surface area contributed by atoms with Crippen molar-refractivity contribution in [2.24, 2.45) is 0 Å². The first-order valence-corrected chi connectivity index (χ1v) is 5.04. The standard InChI is InChI=1S/C6H10INOS/c1-3-10-4-5(7)6(9)8-2/h4H,3H2,1-2H3,(H,8,9)/b5-4-. The summed E-state index contributed by atoms with van der Waals surface area (Å²) < 4.78 is 0.743. The average molecular weight is 271 g/mol. The van der Waals surface area contributed by atoms with Crippen molar-refractivity contribution < 1.29 is 4.79 Å². The molecule has 4 heteroatoms. The Balaban J connectivity index is 3.80. The quantitative estimate of drug-likeness (QED) is 0.626. The molecule has 0 aliphatic rings. The van der Waals surface area contributed by atoms with Crippen LogP contribution in [0.1, 0.15) is 6.92 Å². The maximum absolute atomic E-state index is 10.8. The lowest BCUT2D eigenvalue weighted by Crippen LogP contribution is -2.16. The van der Waals surface area contributed by atoms with Gasteiger partial charge in [0.1, 0.15) is 0 Å². The smallest absolute Gasteiger partial charge is 0.257 e. The molecule has 2 nitrogen and oxygen atoms in total. The molecule has 0 aliphatic carbocycles. The summed E-state index contributed by atoms with van der Waals surface area (Å²) in [6.07, 6.45) is 0. The summed E-state index contributed by atoms with van der Waals surface area (Å²) in [7, 11) is 1.63. The molecule has 0 radical (unpaired) electrons. The van der Waals surface area contributed by atoms with Gasteiger partial charge in [-0.1, -0.05) is 6.92 Å². The van der Waals surface area contributed by atoms with Crippen LogP contribution in [0.25, 0.3) is 0 Å². The SMILES string of the molecule is CCS/C=C(\I)C(=O)NC. The molecule has 0 unspecified atom stereocenters. The summed E-state index contributed by atoms with van der Waals surface area (Å²) in [5, 5.41) is 4.41. The van der Waals surface area contributed by atoms with Crippen LogP contribution in [0.2, 0.25) is 0 Å². The Kier molecular flexibility index (Phi) is 6.20.